The molecule has 3 aliphatic heterocycles. The van der Waals surface area contributed by atoms with Gasteiger partial charge in [0.05, 0.1) is 10.7 Å². The fourth-order valence-corrected chi connectivity index (χ4v) is 4.40. The highest BCUT2D eigenvalue weighted by Gasteiger charge is 2.35. The van der Waals surface area contributed by atoms with E-state index in [9.17, 15) is 4.39 Å². The van der Waals surface area contributed by atoms with E-state index in [2.05, 4.69) is 20.9 Å². The number of rotatable bonds is 4. The van der Waals surface area contributed by atoms with Gasteiger partial charge in [0.2, 0.25) is 0 Å². The zero-order valence-corrected chi connectivity index (χ0v) is 15.0. The maximum atomic E-state index is 14.3. The number of fused-ring (bicyclic) bond motifs is 4. The van der Waals surface area contributed by atoms with Gasteiger partial charge in [-0.25, -0.2) is 4.39 Å². The van der Waals surface area contributed by atoms with Crippen LogP contribution in [0.5, 0.6) is 0 Å². The Kier molecular flexibility index (Phi) is 5.02. The van der Waals surface area contributed by atoms with Gasteiger partial charge in [0, 0.05) is 50.5 Å². The first kappa shape index (κ1) is 17.0. The molecule has 1 aromatic carbocycles. The first-order valence-corrected chi connectivity index (χ1v) is 9.36. The third kappa shape index (κ3) is 3.86. The molecule has 3 saturated heterocycles. The molecule has 2 aromatic rings. The number of halogens is 2. The van der Waals surface area contributed by atoms with Crippen molar-refractivity contribution >= 4 is 11.6 Å². The van der Waals surface area contributed by atoms with Crippen LogP contribution in [0.25, 0.3) is 0 Å². The molecule has 2 bridgehead atoms. The summed E-state index contributed by atoms with van der Waals surface area (Å²) in [6.45, 7) is 4.70. The fourth-order valence-electron chi connectivity index (χ4n) is 4.21. The molecule has 4 heterocycles. The molecule has 132 valence electrons. The lowest BCUT2D eigenvalue weighted by Crippen LogP contribution is -2.43. The third-order valence-corrected chi connectivity index (χ3v) is 5.71. The Morgan fingerprint density at radius 2 is 1.96 bits per heavy atom. The Balaban J connectivity index is 1.47. The van der Waals surface area contributed by atoms with Crippen LogP contribution in [0.3, 0.4) is 0 Å². The van der Waals surface area contributed by atoms with Crippen LogP contribution in [0.2, 0.25) is 5.02 Å². The van der Waals surface area contributed by atoms with Gasteiger partial charge in [-0.2, -0.15) is 0 Å². The molecule has 0 N–H and O–H groups in total. The van der Waals surface area contributed by atoms with E-state index in [1.54, 1.807) is 6.07 Å². The lowest BCUT2D eigenvalue weighted by atomic mass is 9.94. The van der Waals surface area contributed by atoms with Crippen molar-refractivity contribution in [3.05, 3.63) is 64.7 Å². The van der Waals surface area contributed by atoms with Gasteiger partial charge in [-0.05, 0) is 37.0 Å². The second-order valence-electron chi connectivity index (χ2n) is 7.25. The number of hydrogen-bond donors (Lipinski definition) is 0. The summed E-state index contributed by atoms with van der Waals surface area (Å²) in [6, 6.07) is 11.9. The minimum absolute atomic E-state index is 0.217. The van der Waals surface area contributed by atoms with Crippen molar-refractivity contribution in [3.63, 3.8) is 0 Å². The monoisotopic (exact) mass is 359 g/mol. The van der Waals surface area contributed by atoms with E-state index in [0.29, 0.717) is 24.1 Å². The summed E-state index contributed by atoms with van der Waals surface area (Å²) in [4.78, 5) is 9.42. The second kappa shape index (κ2) is 7.40. The first-order valence-electron chi connectivity index (χ1n) is 8.98. The number of pyridine rings is 1. The lowest BCUT2D eigenvalue weighted by molar-refractivity contribution is 0.121. The predicted molar refractivity (Wildman–Crippen MR) is 97.8 cm³/mol. The maximum absolute atomic E-state index is 14.3. The first-order chi connectivity index (χ1) is 12.2. The minimum atomic E-state index is -0.269. The maximum Gasteiger partial charge on any atom is 0.146 e. The summed E-state index contributed by atoms with van der Waals surface area (Å²) in [5.74, 6) is 0.374. The fraction of sp³-hybridized carbons (Fsp3) is 0.450. The molecule has 3 aliphatic rings. The molecule has 2 atom stereocenters. The molecular weight excluding hydrogens is 337 g/mol. The normalized spacial score (nSPS) is 24.4. The molecule has 3 fully saturated rings. The minimum Gasteiger partial charge on any atom is -0.296 e. The topological polar surface area (TPSA) is 19.4 Å². The summed E-state index contributed by atoms with van der Waals surface area (Å²) >= 11 is 5.95. The Morgan fingerprint density at radius 3 is 2.80 bits per heavy atom. The van der Waals surface area contributed by atoms with Crippen LogP contribution < -0.4 is 0 Å². The van der Waals surface area contributed by atoms with Gasteiger partial charge in [0.1, 0.15) is 5.82 Å². The summed E-state index contributed by atoms with van der Waals surface area (Å²) < 4.78 is 14.3. The quantitative estimate of drug-likeness (QED) is 0.823. The predicted octanol–water partition coefficient (Wildman–Crippen LogP) is 3.97. The molecule has 0 radical (unpaired) electrons. The van der Waals surface area contributed by atoms with Gasteiger partial charge in [-0.15, -0.1) is 0 Å². The molecule has 3 nitrogen and oxygen atoms in total. The SMILES string of the molecule is Fc1c(Cl)cccc1CN1C[C@H]2CC[C@@H]1CN(Cc1ccccn1)C2. The van der Waals surface area contributed by atoms with E-state index in [1.807, 2.05) is 30.5 Å². The van der Waals surface area contributed by atoms with E-state index in [4.69, 9.17) is 11.6 Å². The van der Waals surface area contributed by atoms with Crippen molar-refractivity contribution in [2.24, 2.45) is 5.92 Å². The van der Waals surface area contributed by atoms with Gasteiger partial charge < -0.3 is 0 Å². The second-order valence-corrected chi connectivity index (χ2v) is 7.66. The molecule has 0 unspecified atom stereocenters. The summed E-state index contributed by atoms with van der Waals surface area (Å²) in [7, 11) is 0. The average Bonchev–Trinajstić information content (AvgIpc) is 2.90. The molecule has 1 aromatic heterocycles. The number of benzene rings is 1. The largest absolute Gasteiger partial charge is 0.296 e. The van der Waals surface area contributed by atoms with Crippen molar-refractivity contribution in [1.82, 2.24) is 14.8 Å². The van der Waals surface area contributed by atoms with Crippen LogP contribution in [-0.4, -0.2) is 40.5 Å². The molecule has 0 spiro atoms. The summed E-state index contributed by atoms with van der Waals surface area (Å²) in [5.41, 5.74) is 1.83. The van der Waals surface area contributed by atoms with Gasteiger partial charge >= 0.3 is 0 Å². The van der Waals surface area contributed by atoms with Crippen molar-refractivity contribution in [2.75, 3.05) is 19.6 Å². The van der Waals surface area contributed by atoms with E-state index in [1.165, 1.54) is 12.8 Å². The van der Waals surface area contributed by atoms with Crippen LogP contribution in [0.15, 0.2) is 42.6 Å². The Morgan fingerprint density at radius 1 is 1.04 bits per heavy atom. The van der Waals surface area contributed by atoms with Gasteiger partial charge in [0.25, 0.3) is 0 Å². The molecular formula is C20H23ClFN3. The van der Waals surface area contributed by atoms with Crippen LogP contribution >= 0.6 is 11.6 Å². The Hall–Kier alpha value is -1.49. The van der Waals surface area contributed by atoms with Gasteiger partial charge in [-0.1, -0.05) is 29.8 Å². The smallest absolute Gasteiger partial charge is 0.146 e. The third-order valence-electron chi connectivity index (χ3n) is 5.42. The lowest BCUT2D eigenvalue weighted by Gasteiger charge is -2.36. The van der Waals surface area contributed by atoms with Crippen molar-refractivity contribution in [3.8, 4) is 0 Å². The molecule has 5 rings (SSSR count). The highest BCUT2D eigenvalue weighted by atomic mass is 35.5. The van der Waals surface area contributed by atoms with Crippen molar-refractivity contribution in [1.29, 1.82) is 0 Å². The van der Waals surface area contributed by atoms with Crippen molar-refractivity contribution < 1.29 is 4.39 Å². The average molecular weight is 360 g/mol. The zero-order valence-electron chi connectivity index (χ0n) is 14.2. The molecule has 5 heteroatoms. The number of aromatic nitrogens is 1. The highest BCUT2D eigenvalue weighted by Crippen LogP contribution is 2.30. The van der Waals surface area contributed by atoms with E-state index >= 15 is 0 Å². The molecule has 25 heavy (non-hydrogen) atoms. The zero-order chi connectivity index (χ0) is 17.2. The Bertz CT molecular complexity index is 724. The van der Waals surface area contributed by atoms with Crippen LogP contribution in [0, 0.1) is 11.7 Å². The number of hydrogen-bond acceptors (Lipinski definition) is 3. The van der Waals surface area contributed by atoms with E-state index in [0.717, 1.165) is 31.9 Å². The van der Waals surface area contributed by atoms with Gasteiger partial charge in [-0.3, -0.25) is 14.8 Å². The van der Waals surface area contributed by atoms with Crippen LogP contribution in [-0.2, 0) is 13.1 Å². The Labute approximate surface area is 153 Å². The summed E-state index contributed by atoms with van der Waals surface area (Å²) in [6.07, 6.45) is 4.31. The van der Waals surface area contributed by atoms with E-state index in [-0.39, 0.29) is 10.8 Å². The highest BCUT2D eigenvalue weighted by molar-refractivity contribution is 6.30. The van der Waals surface area contributed by atoms with Crippen LogP contribution in [0.1, 0.15) is 24.1 Å². The van der Waals surface area contributed by atoms with Crippen molar-refractivity contribution in [2.45, 2.75) is 32.0 Å². The molecule has 0 saturated carbocycles. The van der Waals surface area contributed by atoms with Crippen LogP contribution in [0.4, 0.5) is 4.39 Å². The van der Waals surface area contributed by atoms with E-state index < -0.39 is 0 Å². The number of nitrogens with zero attached hydrogens (tertiary/aromatic N) is 3. The standard InChI is InChI=1S/C20H23ClFN3/c21-19-6-3-4-16(20(19)22)12-25-11-15-7-8-18(25)14-24(10-15)13-17-5-1-2-9-23-17/h1-6,9,15,18H,7-8,10-14H2/t15-,18+/m0/s1. The number of piperidine rings is 1. The summed E-state index contributed by atoms with van der Waals surface area (Å²) in [5, 5.41) is 0.217. The van der Waals surface area contributed by atoms with Gasteiger partial charge in [0.15, 0.2) is 0 Å². The molecule has 0 aliphatic carbocycles. The molecule has 0 amide bonds.